The third kappa shape index (κ3) is 6.93. The van der Waals surface area contributed by atoms with Crippen molar-refractivity contribution < 1.29 is 4.74 Å². The lowest BCUT2D eigenvalue weighted by atomic mass is 10.0. The standard InChI is InChI=1S/C22H30N6OS.HI/c1-15-8-9-20(29-5)19(13-15)16(2)25-22(23-11-10-18-7-6-12-30-18)24-14-21-27-26-17(3)28(21)4;/h6-9,12-13,16H,10-11,14H2,1-5H3,(H2,23,24,25);1H. The molecule has 3 rings (SSSR count). The minimum atomic E-state index is 0. The van der Waals surface area contributed by atoms with Crippen molar-refractivity contribution in [3.8, 4) is 5.75 Å². The number of nitrogens with one attached hydrogen (secondary N) is 2. The van der Waals surface area contributed by atoms with Crippen molar-refractivity contribution in [3.63, 3.8) is 0 Å². The average Bonchev–Trinajstić information content (AvgIpc) is 3.36. The fraction of sp³-hybridized carbons (Fsp3) is 0.409. The highest BCUT2D eigenvalue weighted by Gasteiger charge is 2.14. The largest absolute Gasteiger partial charge is 0.496 e. The van der Waals surface area contributed by atoms with E-state index in [1.807, 2.05) is 24.6 Å². The number of ether oxygens (including phenoxy) is 1. The summed E-state index contributed by atoms with van der Waals surface area (Å²) < 4.78 is 7.52. The molecule has 168 valence electrons. The second-order valence-electron chi connectivity index (χ2n) is 7.25. The highest BCUT2D eigenvalue weighted by atomic mass is 127. The molecule has 1 unspecified atom stereocenters. The number of rotatable bonds is 8. The SMILES string of the molecule is COc1ccc(C)cc1C(C)NC(=NCc1nnc(C)n1C)NCCc1cccs1.I. The fourth-order valence-electron chi connectivity index (χ4n) is 3.12. The zero-order valence-corrected chi connectivity index (χ0v) is 21.8. The zero-order chi connectivity index (χ0) is 21.5. The summed E-state index contributed by atoms with van der Waals surface area (Å²) in [4.78, 5) is 6.11. The molecule has 2 N–H and O–H groups in total. The van der Waals surface area contributed by atoms with Crippen LogP contribution in [-0.4, -0.2) is 34.4 Å². The number of halogens is 1. The minimum Gasteiger partial charge on any atom is -0.496 e. The van der Waals surface area contributed by atoms with E-state index in [9.17, 15) is 0 Å². The summed E-state index contributed by atoms with van der Waals surface area (Å²) in [7, 11) is 3.66. The van der Waals surface area contributed by atoms with Gasteiger partial charge in [-0.25, -0.2) is 4.99 Å². The quantitative estimate of drug-likeness (QED) is 0.249. The van der Waals surface area contributed by atoms with Crippen molar-refractivity contribution in [1.82, 2.24) is 25.4 Å². The van der Waals surface area contributed by atoms with Crippen LogP contribution in [-0.2, 0) is 20.0 Å². The number of nitrogens with zero attached hydrogens (tertiary/aromatic N) is 4. The molecule has 0 bridgehead atoms. The number of guanidine groups is 1. The Morgan fingerprint density at radius 1 is 1.26 bits per heavy atom. The fourth-order valence-corrected chi connectivity index (χ4v) is 3.83. The van der Waals surface area contributed by atoms with Gasteiger partial charge in [0, 0.05) is 24.0 Å². The average molecular weight is 555 g/mol. The Morgan fingerprint density at radius 2 is 2.06 bits per heavy atom. The van der Waals surface area contributed by atoms with Gasteiger partial charge in [-0.1, -0.05) is 23.8 Å². The van der Waals surface area contributed by atoms with E-state index in [1.165, 1.54) is 10.4 Å². The van der Waals surface area contributed by atoms with Gasteiger partial charge in [-0.3, -0.25) is 0 Å². The highest BCUT2D eigenvalue weighted by Crippen LogP contribution is 2.26. The van der Waals surface area contributed by atoms with E-state index in [0.29, 0.717) is 6.54 Å². The van der Waals surface area contributed by atoms with Crippen LogP contribution in [0.1, 0.15) is 40.6 Å². The van der Waals surface area contributed by atoms with Crippen LogP contribution < -0.4 is 15.4 Å². The van der Waals surface area contributed by atoms with Gasteiger partial charge in [-0.15, -0.1) is 45.5 Å². The molecule has 0 saturated heterocycles. The van der Waals surface area contributed by atoms with Crippen molar-refractivity contribution >= 4 is 41.3 Å². The molecule has 0 aliphatic heterocycles. The maximum Gasteiger partial charge on any atom is 0.192 e. The molecule has 7 nitrogen and oxygen atoms in total. The second kappa shape index (κ2) is 12.0. The first-order valence-electron chi connectivity index (χ1n) is 10.0. The Hall–Kier alpha value is -2.14. The first-order chi connectivity index (χ1) is 14.5. The van der Waals surface area contributed by atoms with Crippen molar-refractivity contribution in [2.75, 3.05) is 13.7 Å². The first-order valence-corrected chi connectivity index (χ1v) is 10.9. The molecular formula is C22H31IN6OS. The lowest BCUT2D eigenvalue weighted by molar-refractivity contribution is 0.405. The molecule has 0 saturated carbocycles. The molecule has 1 aromatic carbocycles. The van der Waals surface area contributed by atoms with E-state index in [4.69, 9.17) is 9.73 Å². The first kappa shape index (κ1) is 25.1. The zero-order valence-electron chi connectivity index (χ0n) is 18.7. The molecule has 3 aromatic rings. The van der Waals surface area contributed by atoms with Gasteiger partial charge < -0.3 is 19.9 Å². The van der Waals surface area contributed by atoms with Gasteiger partial charge in [-0.2, -0.15) is 0 Å². The Bertz CT molecular complexity index is 986. The Balaban J connectivity index is 0.00000341. The number of aliphatic imine (C=N–C) groups is 1. The summed E-state index contributed by atoms with van der Waals surface area (Å²) in [5.74, 6) is 3.30. The van der Waals surface area contributed by atoms with E-state index in [1.54, 1.807) is 18.4 Å². The van der Waals surface area contributed by atoms with Gasteiger partial charge in [0.1, 0.15) is 18.1 Å². The highest BCUT2D eigenvalue weighted by molar-refractivity contribution is 14.0. The number of aromatic nitrogens is 3. The van der Waals surface area contributed by atoms with Gasteiger partial charge in [0.05, 0.1) is 13.2 Å². The topological polar surface area (TPSA) is 76.4 Å². The smallest absolute Gasteiger partial charge is 0.192 e. The van der Waals surface area contributed by atoms with Crippen LogP contribution in [0.25, 0.3) is 0 Å². The van der Waals surface area contributed by atoms with Crippen LogP contribution >= 0.6 is 35.3 Å². The van der Waals surface area contributed by atoms with Crippen LogP contribution in [0.4, 0.5) is 0 Å². The number of thiophene rings is 1. The molecule has 0 radical (unpaired) electrons. The monoisotopic (exact) mass is 554 g/mol. The molecule has 1 atom stereocenters. The van der Waals surface area contributed by atoms with Gasteiger partial charge in [0.15, 0.2) is 11.8 Å². The number of methoxy groups -OCH3 is 1. The molecule has 0 fully saturated rings. The molecule has 2 aromatic heterocycles. The summed E-state index contributed by atoms with van der Waals surface area (Å²) >= 11 is 1.77. The van der Waals surface area contributed by atoms with E-state index in [0.717, 1.165) is 41.9 Å². The summed E-state index contributed by atoms with van der Waals surface area (Å²) in [6.07, 6.45) is 0.948. The molecule has 0 aliphatic carbocycles. The summed E-state index contributed by atoms with van der Waals surface area (Å²) in [5, 5.41) is 17.4. The number of hydrogen-bond donors (Lipinski definition) is 2. The molecule has 0 spiro atoms. The lowest BCUT2D eigenvalue weighted by Crippen LogP contribution is -2.40. The third-order valence-corrected chi connectivity index (χ3v) is 5.95. The number of hydrogen-bond acceptors (Lipinski definition) is 5. The van der Waals surface area contributed by atoms with Gasteiger partial charge in [-0.05, 0) is 44.7 Å². The van der Waals surface area contributed by atoms with Gasteiger partial charge in [0.2, 0.25) is 0 Å². The Morgan fingerprint density at radius 3 is 2.71 bits per heavy atom. The predicted octanol–water partition coefficient (Wildman–Crippen LogP) is 4.16. The molecule has 9 heteroatoms. The molecule has 0 amide bonds. The second-order valence-corrected chi connectivity index (χ2v) is 8.29. The maximum atomic E-state index is 5.56. The molecule has 0 aliphatic rings. The van der Waals surface area contributed by atoms with Crippen LogP contribution in [0.15, 0.2) is 40.7 Å². The summed E-state index contributed by atoms with van der Waals surface area (Å²) in [6.45, 7) is 7.37. The van der Waals surface area contributed by atoms with Crippen molar-refractivity contribution in [3.05, 3.63) is 63.4 Å². The van der Waals surface area contributed by atoms with Crippen molar-refractivity contribution in [2.45, 2.75) is 39.8 Å². The number of aryl methyl sites for hydroxylation is 2. The van der Waals surface area contributed by atoms with Crippen molar-refractivity contribution in [1.29, 1.82) is 0 Å². The van der Waals surface area contributed by atoms with Crippen LogP contribution in [0.5, 0.6) is 5.75 Å². The van der Waals surface area contributed by atoms with Crippen LogP contribution in [0, 0.1) is 13.8 Å². The van der Waals surface area contributed by atoms with E-state index < -0.39 is 0 Å². The Labute approximate surface area is 205 Å². The van der Waals surface area contributed by atoms with Gasteiger partial charge in [0.25, 0.3) is 0 Å². The Kier molecular flexibility index (Phi) is 9.76. The predicted molar refractivity (Wildman–Crippen MR) is 138 cm³/mol. The molecule has 31 heavy (non-hydrogen) atoms. The minimum absolute atomic E-state index is 0. The van der Waals surface area contributed by atoms with Crippen molar-refractivity contribution in [2.24, 2.45) is 12.0 Å². The van der Waals surface area contributed by atoms with Crippen LogP contribution in [0.2, 0.25) is 0 Å². The summed E-state index contributed by atoms with van der Waals surface area (Å²) in [5.41, 5.74) is 2.29. The van der Waals surface area contributed by atoms with Gasteiger partial charge >= 0.3 is 0 Å². The van der Waals surface area contributed by atoms with Crippen LogP contribution in [0.3, 0.4) is 0 Å². The molecular weight excluding hydrogens is 523 g/mol. The molecule has 2 heterocycles. The maximum absolute atomic E-state index is 5.56. The normalized spacial score (nSPS) is 12.2. The third-order valence-electron chi connectivity index (χ3n) is 5.01. The summed E-state index contributed by atoms with van der Waals surface area (Å²) in [6, 6.07) is 10.5. The van der Waals surface area contributed by atoms with E-state index in [-0.39, 0.29) is 30.0 Å². The van der Waals surface area contributed by atoms with E-state index >= 15 is 0 Å². The lowest BCUT2D eigenvalue weighted by Gasteiger charge is -2.21. The van der Waals surface area contributed by atoms with E-state index in [2.05, 4.69) is 64.3 Å². The number of benzene rings is 1.